The molecule has 0 unspecified atom stereocenters. The van der Waals surface area contributed by atoms with E-state index in [1.165, 1.54) is 4.88 Å². The fourth-order valence-corrected chi connectivity index (χ4v) is 2.18. The highest BCUT2D eigenvalue weighted by atomic mass is 32.1. The van der Waals surface area contributed by atoms with Crippen LogP contribution in [0.15, 0.2) is 30.2 Å². The van der Waals surface area contributed by atoms with Crippen molar-refractivity contribution in [2.24, 2.45) is 0 Å². The highest BCUT2D eigenvalue weighted by Crippen LogP contribution is 2.16. The maximum atomic E-state index is 10.8. The number of aromatic nitrogens is 3. The number of hydrogen-bond donors (Lipinski definition) is 0. The van der Waals surface area contributed by atoms with Crippen molar-refractivity contribution in [3.05, 3.63) is 46.4 Å². The topological polar surface area (TPSA) is 47.8 Å². The van der Waals surface area contributed by atoms with Crippen molar-refractivity contribution in [2.75, 3.05) is 0 Å². The predicted molar refractivity (Wildman–Crippen MR) is 62.7 cm³/mol. The Morgan fingerprint density at radius 1 is 1.56 bits per heavy atom. The quantitative estimate of drug-likeness (QED) is 0.585. The van der Waals surface area contributed by atoms with Crippen molar-refractivity contribution in [1.29, 1.82) is 0 Å². The monoisotopic (exact) mass is 233 g/mol. The molecule has 16 heavy (non-hydrogen) atoms. The SMILES string of the molecule is C=CCn1nnc(C=O)c1Cc1cccs1. The first-order chi connectivity index (χ1) is 7.85. The minimum Gasteiger partial charge on any atom is -0.296 e. The molecule has 0 N–H and O–H groups in total. The molecule has 0 aliphatic heterocycles. The van der Waals surface area contributed by atoms with Gasteiger partial charge in [-0.3, -0.25) is 4.79 Å². The minimum absolute atomic E-state index is 0.412. The normalized spacial score (nSPS) is 10.2. The summed E-state index contributed by atoms with van der Waals surface area (Å²) in [7, 11) is 0. The van der Waals surface area contributed by atoms with Crippen LogP contribution in [0.5, 0.6) is 0 Å². The highest BCUT2D eigenvalue weighted by Gasteiger charge is 2.12. The number of nitrogens with zero attached hydrogens (tertiary/aromatic N) is 3. The van der Waals surface area contributed by atoms with Crippen LogP contribution in [0.2, 0.25) is 0 Å². The molecule has 4 nitrogen and oxygen atoms in total. The third-order valence-corrected chi connectivity index (χ3v) is 3.08. The third kappa shape index (κ3) is 2.09. The number of carbonyl (C=O) groups excluding carboxylic acids is 1. The van der Waals surface area contributed by atoms with E-state index in [0.717, 1.165) is 12.0 Å². The summed E-state index contributed by atoms with van der Waals surface area (Å²) < 4.78 is 1.70. The van der Waals surface area contributed by atoms with Crippen molar-refractivity contribution in [1.82, 2.24) is 15.0 Å². The van der Waals surface area contributed by atoms with Gasteiger partial charge in [0.1, 0.15) is 5.69 Å². The summed E-state index contributed by atoms with van der Waals surface area (Å²) in [6, 6.07) is 4.02. The maximum Gasteiger partial charge on any atom is 0.172 e. The molecule has 2 aromatic rings. The lowest BCUT2D eigenvalue weighted by atomic mass is 10.2. The highest BCUT2D eigenvalue weighted by molar-refractivity contribution is 7.09. The third-order valence-electron chi connectivity index (χ3n) is 2.20. The van der Waals surface area contributed by atoms with E-state index in [0.29, 0.717) is 18.7 Å². The molecule has 0 aromatic carbocycles. The van der Waals surface area contributed by atoms with Crippen molar-refractivity contribution in [3.8, 4) is 0 Å². The lowest BCUT2D eigenvalue weighted by Gasteiger charge is -2.02. The lowest BCUT2D eigenvalue weighted by Crippen LogP contribution is -2.04. The van der Waals surface area contributed by atoms with Crippen LogP contribution in [0.1, 0.15) is 21.1 Å². The van der Waals surface area contributed by atoms with Gasteiger partial charge in [-0.1, -0.05) is 17.4 Å². The van der Waals surface area contributed by atoms with Crippen LogP contribution in [0.3, 0.4) is 0 Å². The Bertz CT molecular complexity index is 487. The van der Waals surface area contributed by atoms with E-state index in [-0.39, 0.29) is 0 Å². The van der Waals surface area contributed by atoms with E-state index < -0.39 is 0 Å². The number of allylic oxidation sites excluding steroid dienone is 1. The largest absolute Gasteiger partial charge is 0.296 e. The Morgan fingerprint density at radius 2 is 2.44 bits per heavy atom. The van der Waals surface area contributed by atoms with Crippen LogP contribution in [0.4, 0.5) is 0 Å². The van der Waals surface area contributed by atoms with Crippen LogP contribution in [-0.2, 0) is 13.0 Å². The second kappa shape index (κ2) is 4.85. The van der Waals surface area contributed by atoms with E-state index in [2.05, 4.69) is 16.9 Å². The molecule has 0 radical (unpaired) electrons. The number of thiophene rings is 1. The van der Waals surface area contributed by atoms with Crippen molar-refractivity contribution in [2.45, 2.75) is 13.0 Å². The summed E-state index contributed by atoms with van der Waals surface area (Å²) in [6.45, 7) is 4.23. The van der Waals surface area contributed by atoms with E-state index in [4.69, 9.17) is 0 Å². The zero-order valence-corrected chi connectivity index (χ0v) is 9.48. The molecule has 5 heteroatoms. The second-order valence-corrected chi connectivity index (χ2v) is 4.30. The molecule has 0 atom stereocenters. The Morgan fingerprint density at radius 3 is 3.06 bits per heavy atom. The summed E-state index contributed by atoms with van der Waals surface area (Å²) in [5.41, 5.74) is 1.26. The van der Waals surface area contributed by atoms with Gasteiger partial charge < -0.3 is 0 Å². The molecule has 2 heterocycles. The average molecular weight is 233 g/mol. The molecule has 82 valence electrons. The molecule has 0 aliphatic rings. The molecular formula is C11H11N3OS. The number of carbonyl (C=O) groups is 1. The van der Waals surface area contributed by atoms with E-state index in [1.807, 2.05) is 17.5 Å². The molecular weight excluding hydrogens is 222 g/mol. The molecule has 0 saturated carbocycles. The standard InChI is InChI=1S/C11H11N3OS/c1-2-5-14-11(10(8-15)12-13-14)7-9-4-3-6-16-9/h2-4,6,8H,1,5,7H2. The van der Waals surface area contributed by atoms with Crippen LogP contribution < -0.4 is 0 Å². The van der Waals surface area contributed by atoms with Crippen molar-refractivity contribution < 1.29 is 4.79 Å². The van der Waals surface area contributed by atoms with Gasteiger partial charge in [0.2, 0.25) is 0 Å². The van der Waals surface area contributed by atoms with Crippen LogP contribution in [-0.4, -0.2) is 21.3 Å². The Labute approximate surface area is 97.2 Å². The first kappa shape index (κ1) is 10.8. The summed E-state index contributed by atoms with van der Waals surface area (Å²) in [6.07, 6.45) is 3.17. The molecule has 0 fully saturated rings. The molecule has 0 bridgehead atoms. The van der Waals surface area contributed by atoms with Crippen LogP contribution >= 0.6 is 11.3 Å². The zero-order chi connectivity index (χ0) is 11.4. The summed E-state index contributed by atoms with van der Waals surface area (Å²) in [5, 5.41) is 9.77. The van der Waals surface area contributed by atoms with Gasteiger partial charge in [0.25, 0.3) is 0 Å². The molecule has 2 aromatic heterocycles. The lowest BCUT2D eigenvalue weighted by molar-refractivity contribution is 0.111. The molecule has 0 saturated heterocycles. The van der Waals surface area contributed by atoms with Gasteiger partial charge in [-0.2, -0.15) is 0 Å². The fraction of sp³-hybridized carbons (Fsp3) is 0.182. The van der Waals surface area contributed by atoms with E-state index in [9.17, 15) is 4.79 Å². The molecule has 0 aliphatic carbocycles. The van der Waals surface area contributed by atoms with Gasteiger partial charge in [-0.25, -0.2) is 4.68 Å². The zero-order valence-electron chi connectivity index (χ0n) is 8.67. The number of aldehydes is 1. The van der Waals surface area contributed by atoms with Gasteiger partial charge in [-0.15, -0.1) is 23.0 Å². The average Bonchev–Trinajstić information content (AvgIpc) is 2.91. The van der Waals surface area contributed by atoms with Gasteiger partial charge >= 0.3 is 0 Å². The molecule has 0 spiro atoms. The Kier molecular flexibility index (Phi) is 3.26. The van der Waals surface area contributed by atoms with Gasteiger partial charge in [0.15, 0.2) is 6.29 Å². The van der Waals surface area contributed by atoms with Crippen LogP contribution in [0, 0.1) is 0 Å². The fourth-order valence-electron chi connectivity index (χ4n) is 1.47. The number of hydrogen-bond acceptors (Lipinski definition) is 4. The first-order valence-electron chi connectivity index (χ1n) is 4.86. The van der Waals surface area contributed by atoms with Crippen LogP contribution in [0.25, 0.3) is 0 Å². The van der Waals surface area contributed by atoms with E-state index >= 15 is 0 Å². The first-order valence-corrected chi connectivity index (χ1v) is 5.74. The Hall–Kier alpha value is -1.75. The molecule has 2 rings (SSSR count). The van der Waals surface area contributed by atoms with Gasteiger partial charge in [0.05, 0.1) is 12.2 Å². The number of rotatable bonds is 5. The minimum atomic E-state index is 0.412. The van der Waals surface area contributed by atoms with Gasteiger partial charge in [-0.05, 0) is 11.4 Å². The smallest absolute Gasteiger partial charge is 0.172 e. The summed E-state index contributed by atoms with van der Waals surface area (Å²) >= 11 is 1.66. The van der Waals surface area contributed by atoms with Gasteiger partial charge in [0, 0.05) is 11.3 Å². The summed E-state index contributed by atoms with van der Waals surface area (Å²) in [4.78, 5) is 12.0. The summed E-state index contributed by atoms with van der Waals surface area (Å²) in [5.74, 6) is 0. The molecule has 0 amide bonds. The van der Waals surface area contributed by atoms with Crippen molar-refractivity contribution in [3.63, 3.8) is 0 Å². The van der Waals surface area contributed by atoms with Crippen molar-refractivity contribution >= 4 is 17.6 Å². The maximum absolute atomic E-state index is 10.8. The Balaban J connectivity index is 2.32. The van der Waals surface area contributed by atoms with E-state index in [1.54, 1.807) is 22.1 Å². The predicted octanol–water partition coefficient (Wildman–Crippen LogP) is 1.93. The second-order valence-electron chi connectivity index (χ2n) is 3.27.